The number of nitrogens with zero attached hydrogens (tertiary/aromatic N) is 4. The molecule has 11 heteroatoms. The fourth-order valence-electron chi connectivity index (χ4n) is 3.14. The van der Waals surface area contributed by atoms with Crippen LogP contribution in [0.2, 0.25) is 5.28 Å². The molecule has 0 aromatic carbocycles. The van der Waals surface area contributed by atoms with E-state index in [1.54, 1.807) is 21.0 Å². The molecule has 0 aliphatic carbocycles. The van der Waals surface area contributed by atoms with Crippen LogP contribution in [0.3, 0.4) is 0 Å². The van der Waals surface area contributed by atoms with E-state index in [9.17, 15) is 13.2 Å². The Morgan fingerprint density at radius 3 is 2.64 bits per heavy atom. The van der Waals surface area contributed by atoms with E-state index in [2.05, 4.69) is 14.9 Å². The van der Waals surface area contributed by atoms with Gasteiger partial charge < -0.3 is 14.5 Å². The number of halogens is 1. The van der Waals surface area contributed by atoms with E-state index in [-0.39, 0.29) is 17.2 Å². The fourth-order valence-corrected chi connectivity index (χ4v) is 5.40. The van der Waals surface area contributed by atoms with Crippen molar-refractivity contribution in [3.8, 4) is 0 Å². The van der Waals surface area contributed by atoms with Gasteiger partial charge in [-0.1, -0.05) is 0 Å². The number of sulfone groups is 1. The normalized spacial score (nSPS) is 19.1. The molecule has 0 spiro atoms. The van der Waals surface area contributed by atoms with Crippen LogP contribution in [-0.4, -0.2) is 75.3 Å². The Morgan fingerprint density at radius 2 is 2.07 bits per heavy atom. The molecule has 2 aromatic rings. The molecule has 3 heterocycles. The lowest BCUT2D eigenvalue weighted by Gasteiger charge is -2.34. The van der Waals surface area contributed by atoms with E-state index in [1.807, 2.05) is 6.92 Å². The summed E-state index contributed by atoms with van der Waals surface area (Å²) in [6.07, 6.45) is 1.15. The van der Waals surface area contributed by atoms with Gasteiger partial charge in [-0.05, 0) is 25.4 Å². The van der Waals surface area contributed by atoms with Gasteiger partial charge in [0.1, 0.15) is 0 Å². The number of hydrogen-bond acceptors (Lipinski definition) is 8. The summed E-state index contributed by atoms with van der Waals surface area (Å²) >= 11 is 7.43. The fraction of sp³-hybridized carbons (Fsp3) is 0.588. The Balaban J connectivity index is 2.33. The predicted molar refractivity (Wildman–Crippen MR) is 111 cm³/mol. The van der Waals surface area contributed by atoms with Crippen LogP contribution >= 0.6 is 22.9 Å². The Morgan fingerprint density at radius 1 is 1.39 bits per heavy atom. The standard InChI is InChI=1S/C17H23ClN4O4S2/c1-9-8-26-7-6-22(9)15-14-12(19-17(18)20-15)11(10(2)28(5,24)25)13(27-14)16(23)21(3)4/h9-10H,6-8H2,1-5H3/t9-,10?/m1/s1. The summed E-state index contributed by atoms with van der Waals surface area (Å²) in [7, 11) is -0.201. The molecule has 1 aliphatic rings. The molecule has 3 rings (SSSR count). The summed E-state index contributed by atoms with van der Waals surface area (Å²) in [6, 6.07) is 0.0637. The van der Waals surface area contributed by atoms with Gasteiger partial charge >= 0.3 is 0 Å². The third-order valence-electron chi connectivity index (χ3n) is 4.81. The van der Waals surface area contributed by atoms with Crippen LogP contribution in [0.1, 0.15) is 34.3 Å². The van der Waals surface area contributed by atoms with Gasteiger partial charge in [-0.2, -0.15) is 4.98 Å². The highest BCUT2D eigenvalue weighted by Crippen LogP contribution is 2.42. The second-order valence-electron chi connectivity index (χ2n) is 7.13. The van der Waals surface area contributed by atoms with E-state index >= 15 is 0 Å². The predicted octanol–water partition coefficient (Wildman–Crippen LogP) is 2.38. The Kier molecular flexibility index (Phi) is 5.86. The highest BCUT2D eigenvalue weighted by molar-refractivity contribution is 7.90. The van der Waals surface area contributed by atoms with Crippen LogP contribution in [0.15, 0.2) is 0 Å². The molecule has 0 bridgehead atoms. The Bertz CT molecular complexity index is 1020. The SMILES string of the molecule is CC(c1c(C(=O)N(C)C)sc2c(N3CCOC[C@H]3C)nc(Cl)nc12)S(C)(=O)=O. The van der Waals surface area contributed by atoms with Crippen molar-refractivity contribution >= 4 is 54.7 Å². The van der Waals surface area contributed by atoms with Crippen molar-refractivity contribution in [3.05, 3.63) is 15.7 Å². The van der Waals surface area contributed by atoms with Crippen molar-refractivity contribution in [1.29, 1.82) is 0 Å². The number of aromatic nitrogens is 2. The zero-order valence-corrected chi connectivity index (χ0v) is 18.8. The number of amides is 1. The number of rotatable bonds is 4. The van der Waals surface area contributed by atoms with Crippen LogP contribution in [0.25, 0.3) is 10.2 Å². The van der Waals surface area contributed by atoms with Gasteiger partial charge in [0.15, 0.2) is 15.7 Å². The van der Waals surface area contributed by atoms with Crippen molar-refractivity contribution < 1.29 is 17.9 Å². The first-order valence-electron chi connectivity index (χ1n) is 8.77. The van der Waals surface area contributed by atoms with Crippen molar-refractivity contribution in [2.24, 2.45) is 0 Å². The van der Waals surface area contributed by atoms with E-state index in [0.29, 0.717) is 46.2 Å². The molecule has 28 heavy (non-hydrogen) atoms. The molecule has 8 nitrogen and oxygen atoms in total. The van der Waals surface area contributed by atoms with Crippen LogP contribution in [0, 0.1) is 0 Å². The minimum atomic E-state index is -3.46. The smallest absolute Gasteiger partial charge is 0.263 e. The zero-order chi connectivity index (χ0) is 20.8. The molecular weight excluding hydrogens is 424 g/mol. The van der Waals surface area contributed by atoms with E-state index in [4.69, 9.17) is 16.3 Å². The highest BCUT2D eigenvalue weighted by atomic mass is 35.5. The van der Waals surface area contributed by atoms with Crippen LogP contribution < -0.4 is 4.90 Å². The number of ether oxygens (including phenoxy) is 1. The first kappa shape index (κ1) is 21.2. The van der Waals surface area contributed by atoms with Crippen molar-refractivity contribution in [2.75, 3.05) is 45.0 Å². The average molecular weight is 447 g/mol. The third kappa shape index (κ3) is 3.83. The lowest BCUT2D eigenvalue weighted by Crippen LogP contribution is -2.44. The summed E-state index contributed by atoms with van der Waals surface area (Å²) in [5, 5.41) is -0.883. The van der Waals surface area contributed by atoms with Gasteiger partial charge in [-0.15, -0.1) is 11.3 Å². The van der Waals surface area contributed by atoms with Gasteiger partial charge in [-0.3, -0.25) is 4.79 Å². The molecule has 0 saturated carbocycles. The third-order valence-corrected chi connectivity index (χ3v) is 7.68. The van der Waals surface area contributed by atoms with Crippen molar-refractivity contribution in [2.45, 2.75) is 25.1 Å². The summed E-state index contributed by atoms with van der Waals surface area (Å²) in [5.74, 6) is 0.334. The van der Waals surface area contributed by atoms with Crippen molar-refractivity contribution in [1.82, 2.24) is 14.9 Å². The second kappa shape index (κ2) is 7.74. The number of morpholine rings is 1. The van der Waals surface area contributed by atoms with E-state index in [0.717, 1.165) is 6.26 Å². The Labute approximate surface area is 173 Å². The monoisotopic (exact) mass is 446 g/mol. The zero-order valence-electron chi connectivity index (χ0n) is 16.4. The van der Waals surface area contributed by atoms with Gasteiger partial charge in [0.25, 0.3) is 5.91 Å². The maximum absolute atomic E-state index is 12.8. The van der Waals surface area contributed by atoms with Crippen LogP contribution in [0.4, 0.5) is 5.82 Å². The van der Waals surface area contributed by atoms with E-state index in [1.165, 1.54) is 16.2 Å². The Hall–Kier alpha value is -1.49. The summed E-state index contributed by atoms with van der Waals surface area (Å²) in [6.45, 7) is 5.30. The number of thiophene rings is 1. The molecule has 2 atom stereocenters. The largest absolute Gasteiger partial charge is 0.377 e. The number of anilines is 1. The van der Waals surface area contributed by atoms with E-state index < -0.39 is 15.1 Å². The van der Waals surface area contributed by atoms with Crippen LogP contribution in [0.5, 0.6) is 0 Å². The van der Waals surface area contributed by atoms with Crippen molar-refractivity contribution in [3.63, 3.8) is 0 Å². The molecule has 0 N–H and O–H groups in total. The summed E-state index contributed by atoms with van der Waals surface area (Å²) in [5.41, 5.74) is 0.800. The second-order valence-corrected chi connectivity index (χ2v) is 10.9. The molecular formula is C17H23ClN4O4S2. The quantitative estimate of drug-likeness (QED) is 0.665. The average Bonchev–Trinajstić information content (AvgIpc) is 2.98. The number of fused-ring (bicyclic) bond motifs is 1. The lowest BCUT2D eigenvalue weighted by atomic mass is 10.1. The first-order chi connectivity index (χ1) is 13.0. The molecule has 1 unspecified atom stereocenters. The van der Waals surface area contributed by atoms with Gasteiger partial charge in [0, 0.05) is 32.5 Å². The topological polar surface area (TPSA) is 92.7 Å². The minimum Gasteiger partial charge on any atom is -0.377 e. The summed E-state index contributed by atoms with van der Waals surface area (Å²) < 4.78 is 30.8. The highest BCUT2D eigenvalue weighted by Gasteiger charge is 2.33. The first-order valence-corrected chi connectivity index (χ1v) is 11.9. The molecule has 1 aliphatic heterocycles. The maximum Gasteiger partial charge on any atom is 0.263 e. The molecule has 2 aromatic heterocycles. The van der Waals surface area contributed by atoms with Gasteiger partial charge in [-0.25, -0.2) is 13.4 Å². The maximum atomic E-state index is 12.8. The number of carbonyl (C=O) groups is 1. The van der Waals surface area contributed by atoms with Gasteiger partial charge in [0.2, 0.25) is 5.28 Å². The molecule has 1 fully saturated rings. The minimum absolute atomic E-state index is 0.0183. The number of carbonyl (C=O) groups excluding carboxylic acids is 1. The molecule has 154 valence electrons. The van der Waals surface area contributed by atoms with Crippen LogP contribution in [-0.2, 0) is 14.6 Å². The molecule has 0 radical (unpaired) electrons. The lowest BCUT2D eigenvalue weighted by molar-refractivity contribution is 0.0831. The summed E-state index contributed by atoms with van der Waals surface area (Å²) in [4.78, 5) is 25.4. The van der Waals surface area contributed by atoms with Gasteiger partial charge in [0.05, 0.1) is 39.6 Å². The number of hydrogen-bond donors (Lipinski definition) is 0. The molecule has 1 saturated heterocycles. The molecule has 1 amide bonds.